The summed E-state index contributed by atoms with van der Waals surface area (Å²) in [5.41, 5.74) is -2.06. The molecule has 6 aromatic carbocycles. The summed E-state index contributed by atoms with van der Waals surface area (Å²) in [6.45, 7) is 7.31. The quantitative estimate of drug-likeness (QED) is 0.128. The van der Waals surface area contributed by atoms with Crippen LogP contribution < -0.4 is 5.46 Å². The van der Waals surface area contributed by atoms with E-state index in [9.17, 15) is 0 Å². The Morgan fingerprint density at radius 2 is 1.02 bits per heavy atom. The predicted octanol–water partition coefficient (Wildman–Crippen LogP) is 11.5. The zero-order chi connectivity index (χ0) is 50.5. The van der Waals surface area contributed by atoms with Gasteiger partial charge in [-0.15, -0.1) is 0 Å². The van der Waals surface area contributed by atoms with Gasteiger partial charge < -0.3 is 9.31 Å². The van der Waals surface area contributed by atoms with Gasteiger partial charge in [-0.2, -0.15) is 0 Å². The lowest BCUT2D eigenvalue weighted by Gasteiger charge is -2.32. The van der Waals surface area contributed by atoms with Gasteiger partial charge >= 0.3 is 7.12 Å². The van der Waals surface area contributed by atoms with Crippen LogP contribution in [-0.2, 0) is 9.31 Å². The molecule has 0 bridgehead atoms. The second kappa shape index (κ2) is 14.3. The molecule has 0 spiro atoms. The van der Waals surface area contributed by atoms with Gasteiger partial charge in [-0.1, -0.05) is 129 Å². The van der Waals surface area contributed by atoms with Crippen LogP contribution in [0.5, 0.6) is 0 Å². The smallest absolute Gasteiger partial charge is 0.399 e. The molecule has 0 amide bonds. The van der Waals surface area contributed by atoms with E-state index in [1.165, 1.54) is 0 Å². The summed E-state index contributed by atoms with van der Waals surface area (Å²) in [4.78, 5) is 0. The van der Waals surface area contributed by atoms with Gasteiger partial charge in [0.05, 0.1) is 41.4 Å². The maximum atomic E-state index is 8.31. The van der Waals surface area contributed by atoms with Gasteiger partial charge in [0.2, 0.25) is 0 Å². The molecule has 7 rings (SSSR count). The van der Waals surface area contributed by atoms with Crippen molar-refractivity contribution in [3.05, 3.63) is 145 Å². The highest BCUT2D eigenvalue weighted by Crippen LogP contribution is 2.37. The molecular weight excluding hydrogens is 786 g/mol. The van der Waals surface area contributed by atoms with Crippen LogP contribution in [0.25, 0.3) is 32.7 Å². The minimum Gasteiger partial charge on any atom is -0.399 e. The molecule has 1 heterocycles. The third-order valence-electron chi connectivity index (χ3n) is 6.55. The molecule has 0 aliphatic carbocycles. The summed E-state index contributed by atoms with van der Waals surface area (Å²) < 4.78 is 187. The molecular formula is C38H34BBr2IO2. The Hall–Kier alpha value is -2.49. The fourth-order valence-corrected chi connectivity index (χ4v) is 4.34. The normalized spacial score (nSPS) is 21.8. The van der Waals surface area contributed by atoms with Crippen LogP contribution in [0, 0.1) is 3.57 Å². The lowest BCUT2D eigenvalue weighted by atomic mass is 9.76. The first-order valence-electron chi connectivity index (χ1n) is 23.7. The molecule has 0 aromatic heterocycles. The number of hydrogen-bond donors (Lipinski definition) is 0. The van der Waals surface area contributed by atoms with E-state index in [2.05, 4.69) is 31.9 Å². The van der Waals surface area contributed by atoms with E-state index in [1.807, 2.05) is 27.7 Å². The molecule has 1 fully saturated rings. The summed E-state index contributed by atoms with van der Waals surface area (Å²) in [5, 5.41) is -0.677. The van der Waals surface area contributed by atoms with Crippen molar-refractivity contribution in [2.45, 2.75) is 38.9 Å². The second-order valence-electron chi connectivity index (χ2n) is 9.94. The molecule has 0 radical (unpaired) electrons. The molecule has 6 aromatic rings. The van der Waals surface area contributed by atoms with E-state index in [1.54, 1.807) is 22.6 Å². The van der Waals surface area contributed by atoms with Crippen molar-refractivity contribution in [3.63, 3.8) is 0 Å². The van der Waals surface area contributed by atoms with Crippen LogP contribution in [-0.4, -0.2) is 18.3 Å². The molecule has 0 atom stereocenters. The number of halogens is 3. The molecule has 1 aliphatic rings. The molecule has 6 heteroatoms. The standard InChI is InChI=1S/C16H19BO2.C16H11Br.C6H4BrI/c1-15(2)16(3,4)19-17(18-15)14-11-7-9-12-8-5-6-10-13(12)14;17-14-10-8-13(9-11-14)16-7-3-5-12-4-1-2-6-15(12)16;7-5-1-3-6(8)4-2-5/h5-11H,1-4H3;1-11H;1-4H/i5D,6D,7D,8D,9D,10D,11D;1D,2D,3D,4D,5D,6D,7D,8D,9D,10D,11D;1D,2D,3D,4D. The largest absolute Gasteiger partial charge is 0.495 e. The van der Waals surface area contributed by atoms with Crippen LogP contribution in [0.4, 0.5) is 0 Å². The highest BCUT2D eigenvalue weighted by atomic mass is 127. The number of fused-ring (bicyclic) bond motifs is 2. The average molecular weight is 842 g/mol. The maximum Gasteiger partial charge on any atom is 0.495 e. The van der Waals surface area contributed by atoms with Gasteiger partial charge in [0.1, 0.15) is 0 Å². The third kappa shape index (κ3) is 7.83. The Morgan fingerprint density at radius 3 is 1.61 bits per heavy atom. The third-order valence-corrected chi connectivity index (χ3v) is 7.88. The van der Waals surface area contributed by atoms with Crippen LogP contribution in [0.2, 0.25) is 0 Å². The second-order valence-corrected chi connectivity index (χ2v) is 12.6. The van der Waals surface area contributed by atoms with Crippen molar-refractivity contribution in [1.82, 2.24) is 0 Å². The number of rotatable bonds is 2. The zero-order valence-corrected chi connectivity index (χ0v) is 28.9. The van der Waals surface area contributed by atoms with E-state index < -0.39 is 115 Å². The first kappa shape index (κ1) is 14.9. The van der Waals surface area contributed by atoms with Crippen molar-refractivity contribution < 1.29 is 39.5 Å². The monoisotopic (exact) mass is 840 g/mol. The van der Waals surface area contributed by atoms with Gasteiger partial charge in [0, 0.05) is 12.5 Å². The summed E-state index contributed by atoms with van der Waals surface area (Å²) in [6, 6.07) is -8.99. The Morgan fingerprint density at radius 1 is 0.568 bits per heavy atom. The van der Waals surface area contributed by atoms with Crippen molar-refractivity contribution in [2.75, 3.05) is 0 Å². The predicted molar refractivity (Wildman–Crippen MR) is 204 cm³/mol. The van der Waals surface area contributed by atoms with Crippen molar-refractivity contribution in [1.29, 1.82) is 0 Å². The molecule has 2 nitrogen and oxygen atoms in total. The summed E-state index contributed by atoms with van der Waals surface area (Å²) in [6.07, 6.45) is 0. The average Bonchev–Trinajstić information content (AvgIpc) is 3.49. The van der Waals surface area contributed by atoms with Gasteiger partial charge in [0.15, 0.2) is 0 Å². The first-order chi connectivity index (χ1) is 30.2. The number of hydrogen-bond acceptors (Lipinski definition) is 2. The first-order valence-corrected chi connectivity index (χ1v) is 15.4. The van der Waals surface area contributed by atoms with Crippen LogP contribution in [0.15, 0.2) is 142 Å². The van der Waals surface area contributed by atoms with E-state index in [4.69, 9.17) is 39.5 Å². The SMILES string of the molecule is [2H]c1c([2H])c(-c2c([2H])c([2H])c([2H])c3c([2H])c([2H])c([2H])c([2H])c23)c([2H])c([2H])c1Br.[2H]c1c([2H])c(I)c([2H])c([2H])c1Br.[2H]c1c([2H])c([2H])c2c(B3OC(C)(C)C(C)(C)O3)c([2H])c([2H])c([2H])c2c1[2H]. The molecule has 44 heavy (non-hydrogen) atoms. The number of benzene rings is 6. The van der Waals surface area contributed by atoms with Gasteiger partial charge in [-0.05, 0) is 125 Å². The molecule has 0 saturated carbocycles. The van der Waals surface area contributed by atoms with Gasteiger partial charge in [0.25, 0.3) is 0 Å². The van der Waals surface area contributed by atoms with E-state index >= 15 is 0 Å². The maximum absolute atomic E-state index is 8.31. The van der Waals surface area contributed by atoms with Gasteiger partial charge in [-0.3, -0.25) is 0 Å². The lowest BCUT2D eigenvalue weighted by Crippen LogP contribution is -2.41. The van der Waals surface area contributed by atoms with Crippen molar-refractivity contribution >= 4 is 88.6 Å². The Kier molecular flexibility index (Phi) is 4.86. The van der Waals surface area contributed by atoms with Crippen LogP contribution >= 0.6 is 54.5 Å². The van der Waals surface area contributed by atoms with E-state index in [0.717, 1.165) is 0 Å². The molecule has 222 valence electrons. The zero-order valence-electron chi connectivity index (χ0n) is 45.5. The fraction of sp³-hybridized carbons (Fsp3) is 0.158. The highest BCUT2D eigenvalue weighted by Gasteiger charge is 2.52. The van der Waals surface area contributed by atoms with Crippen LogP contribution in [0.1, 0.15) is 57.9 Å². The fourth-order valence-electron chi connectivity index (χ4n) is 3.67. The van der Waals surface area contributed by atoms with Gasteiger partial charge in [-0.25, -0.2) is 0 Å². The minimum absolute atomic E-state index is 0.000463. The molecule has 1 saturated heterocycles. The highest BCUT2D eigenvalue weighted by molar-refractivity contribution is 14.1. The lowest BCUT2D eigenvalue weighted by molar-refractivity contribution is 0.00578. The molecule has 1 aliphatic heterocycles. The Balaban J connectivity index is 0.000000200. The van der Waals surface area contributed by atoms with E-state index in [0.29, 0.717) is 3.57 Å². The van der Waals surface area contributed by atoms with Crippen molar-refractivity contribution in [2.24, 2.45) is 0 Å². The Bertz CT molecular complexity index is 2910. The Labute approximate surface area is 322 Å². The minimum atomic E-state index is -1.07. The van der Waals surface area contributed by atoms with Crippen molar-refractivity contribution in [3.8, 4) is 11.1 Å². The van der Waals surface area contributed by atoms with Crippen LogP contribution in [0.3, 0.4) is 0 Å². The summed E-state index contributed by atoms with van der Waals surface area (Å²) in [7, 11) is -1.07. The topological polar surface area (TPSA) is 18.5 Å². The molecule has 0 N–H and O–H groups in total. The summed E-state index contributed by atoms with van der Waals surface area (Å²) in [5.74, 6) is 0. The summed E-state index contributed by atoms with van der Waals surface area (Å²) >= 11 is 7.78. The van der Waals surface area contributed by atoms with E-state index in [-0.39, 0.29) is 83.3 Å². The molecule has 0 unspecified atom stereocenters.